The molecule has 3 rings (SSSR count). The number of nitrogens with two attached hydrogens (primary N) is 1. The molecule has 5 unspecified atom stereocenters. The minimum Gasteiger partial charge on any atom is -0.480 e. The number of fused-ring (bicyclic) bond motifs is 1. The highest BCUT2D eigenvalue weighted by molar-refractivity contribution is 7.80. The lowest BCUT2D eigenvalue weighted by Crippen LogP contribution is -2.58. The van der Waals surface area contributed by atoms with Gasteiger partial charge in [-0.05, 0) is 23.1 Å². The van der Waals surface area contributed by atoms with Crippen molar-refractivity contribution in [3.05, 3.63) is 71.9 Å². The van der Waals surface area contributed by atoms with Crippen LogP contribution in [0.2, 0.25) is 0 Å². The quantitative estimate of drug-likeness (QED) is 0.147. The Morgan fingerprint density at radius 2 is 1.48 bits per heavy atom. The summed E-state index contributed by atoms with van der Waals surface area (Å²) in [6.07, 6.45) is 2.62. The largest absolute Gasteiger partial charge is 0.480 e. The van der Waals surface area contributed by atoms with Crippen LogP contribution in [-0.4, -0.2) is 63.7 Å². The lowest BCUT2D eigenvalue weighted by atomic mass is 9.98. The van der Waals surface area contributed by atoms with Crippen molar-refractivity contribution in [2.45, 2.75) is 57.3 Å². The Morgan fingerprint density at radius 1 is 0.875 bits per heavy atom. The number of H-pyrrole nitrogens is 1. The second-order valence-electron chi connectivity index (χ2n) is 9.87. The third-order valence-corrected chi connectivity index (χ3v) is 7.37. The van der Waals surface area contributed by atoms with Gasteiger partial charge in [0.2, 0.25) is 17.7 Å². The number of nitrogens with one attached hydrogen (secondary N) is 4. The maximum absolute atomic E-state index is 13.3. The first-order chi connectivity index (χ1) is 19.1. The number of rotatable bonds is 14. The predicted molar refractivity (Wildman–Crippen MR) is 157 cm³/mol. The van der Waals surface area contributed by atoms with E-state index in [1.165, 1.54) is 0 Å². The predicted octanol–water partition coefficient (Wildman–Crippen LogP) is 1.80. The molecule has 3 aromatic rings. The second-order valence-corrected chi connectivity index (χ2v) is 10.2. The smallest absolute Gasteiger partial charge is 0.326 e. The molecule has 10 nitrogen and oxygen atoms in total. The van der Waals surface area contributed by atoms with Gasteiger partial charge in [-0.3, -0.25) is 14.4 Å². The van der Waals surface area contributed by atoms with Crippen molar-refractivity contribution in [2.75, 3.05) is 5.75 Å². The van der Waals surface area contributed by atoms with Gasteiger partial charge in [0.25, 0.3) is 0 Å². The van der Waals surface area contributed by atoms with Gasteiger partial charge in [-0.1, -0.05) is 68.8 Å². The van der Waals surface area contributed by atoms with Gasteiger partial charge < -0.3 is 31.8 Å². The zero-order valence-corrected chi connectivity index (χ0v) is 23.5. The highest BCUT2D eigenvalue weighted by Gasteiger charge is 2.31. The summed E-state index contributed by atoms with van der Waals surface area (Å²) < 4.78 is 0. The van der Waals surface area contributed by atoms with Crippen LogP contribution < -0.4 is 21.7 Å². The zero-order chi connectivity index (χ0) is 29.2. The number of benzene rings is 2. The highest BCUT2D eigenvalue weighted by Crippen LogP contribution is 2.19. The Morgan fingerprint density at radius 3 is 2.12 bits per heavy atom. The number of hydrogen-bond acceptors (Lipinski definition) is 6. The molecule has 0 aliphatic heterocycles. The third kappa shape index (κ3) is 8.09. The van der Waals surface area contributed by atoms with Gasteiger partial charge in [-0.2, -0.15) is 12.6 Å². The molecule has 1 aromatic heterocycles. The molecule has 0 bridgehead atoms. The summed E-state index contributed by atoms with van der Waals surface area (Å²) >= 11 is 4.22. The fourth-order valence-corrected chi connectivity index (χ4v) is 4.56. The van der Waals surface area contributed by atoms with E-state index in [4.69, 9.17) is 5.73 Å². The summed E-state index contributed by atoms with van der Waals surface area (Å²) in [7, 11) is 0. The number of carboxylic acid groups (broad SMARTS) is 1. The van der Waals surface area contributed by atoms with E-state index in [1.807, 2.05) is 68.4 Å². The van der Waals surface area contributed by atoms with Crippen molar-refractivity contribution in [1.29, 1.82) is 0 Å². The normalized spacial score (nSPS) is 14.9. The lowest BCUT2D eigenvalue weighted by molar-refractivity contribution is -0.142. The molecule has 0 saturated carbocycles. The SMILES string of the molecule is CCC(C)C(N)C(=O)NC(Cc1ccccc1)C(=O)NC(CS)C(=O)NC(Cc1c[nH]c2ccccc12)C(=O)O. The molecule has 7 N–H and O–H groups in total. The Bertz CT molecular complexity index is 1310. The first-order valence-corrected chi connectivity index (χ1v) is 13.9. The average molecular weight is 568 g/mol. The number of amides is 3. The van der Waals surface area contributed by atoms with Crippen LogP contribution in [0.25, 0.3) is 10.9 Å². The summed E-state index contributed by atoms with van der Waals surface area (Å²) in [5, 5.41) is 18.5. The molecule has 0 fully saturated rings. The van der Waals surface area contributed by atoms with Crippen LogP contribution in [0.1, 0.15) is 31.4 Å². The van der Waals surface area contributed by atoms with E-state index in [1.54, 1.807) is 6.20 Å². The van der Waals surface area contributed by atoms with E-state index in [0.717, 1.165) is 22.0 Å². The van der Waals surface area contributed by atoms with Gasteiger partial charge in [-0.25, -0.2) is 4.79 Å². The van der Waals surface area contributed by atoms with Gasteiger partial charge in [0.15, 0.2) is 0 Å². The minimum atomic E-state index is -1.24. The summed E-state index contributed by atoms with van der Waals surface area (Å²) in [6, 6.07) is 12.4. The maximum Gasteiger partial charge on any atom is 0.326 e. The maximum atomic E-state index is 13.3. The number of hydrogen-bond donors (Lipinski definition) is 7. The molecule has 0 aliphatic rings. The van der Waals surface area contributed by atoms with E-state index in [-0.39, 0.29) is 24.5 Å². The number of para-hydroxylation sites is 1. The number of carbonyl (C=O) groups is 4. The van der Waals surface area contributed by atoms with Crippen LogP contribution >= 0.6 is 12.6 Å². The van der Waals surface area contributed by atoms with Crippen LogP contribution in [-0.2, 0) is 32.0 Å². The molecule has 0 radical (unpaired) electrons. The molecule has 0 saturated heterocycles. The summed E-state index contributed by atoms with van der Waals surface area (Å²) in [5.41, 5.74) is 8.48. The molecule has 1 heterocycles. The molecule has 0 aliphatic carbocycles. The van der Waals surface area contributed by atoms with Gasteiger partial charge >= 0.3 is 5.97 Å². The Kier molecular flexibility index (Phi) is 11.2. The molecule has 0 spiro atoms. The van der Waals surface area contributed by atoms with E-state index < -0.39 is 47.9 Å². The number of aliphatic carboxylic acids is 1. The fourth-order valence-electron chi connectivity index (χ4n) is 4.30. The number of aromatic amines is 1. The molecule has 214 valence electrons. The van der Waals surface area contributed by atoms with Crippen molar-refractivity contribution < 1.29 is 24.3 Å². The van der Waals surface area contributed by atoms with Crippen molar-refractivity contribution >= 4 is 47.2 Å². The number of carboxylic acids is 1. The number of aromatic nitrogens is 1. The van der Waals surface area contributed by atoms with Gasteiger partial charge in [0.05, 0.1) is 6.04 Å². The topological polar surface area (TPSA) is 166 Å². The van der Waals surface area contributed by atoms with Gasteiger partial charge in [0, 0.05) is 35.7 Å². The van der Waals surface area contributed by atoms with Crippen LogP contribution in [0.3, 0.4) is 0 Å². The second kappa shape index (κ2) is 14.5. The molecule has 11 heteroatoms. The molecule has 40 heavy (non-hydrogen) atoms. The minimum absolute atomic E-state index is 0.0402. The van der Waals surface area contributed by atoms with Gasteiger partial charge in [0.1, 0.15) is 18.1 Å². The first-order valence-electron chi connectivity index (χ1n) is 13.2. The van der Waals surface area contributed by atoms with Crippen molar-refractivity contribution in [3.8, 4) is 0 Å². The summed E-state index contributed by atoms with van der Waals surface area (Å²) in [5.74, 6) is -3.17. The zero-order valence-electron chi connectivity index (χ0n) is 22.6. The Labute approximate surface area is 238 Å². The van der Waals surface area contributed by atoms with Crippen LogP contribution in [0.15, 0.2) is 60.8 Å². The van der Waals surface area contributed by atoms with Gasteiger partial charge in [-0.15, -0.1) is 0 Å². The van der Waals surface area contributed by atoms with Crippen LogP contribution in [0, 0.1) is 5.92 Å². The average Bonchev–Trinajstić information content (AvgIpc) is 3.37. The standard InChI is InChI=1S/C29H37N5O5S/c1-3-17(2)25(30)28(37)32-22(13-18-9-5-4-6-10-18)26(35)34-24(16-40)27(36)33-23(29(38)39)14-19-15-31-21-12-8-7-11-20(19)21/h4-12,15,17,22-25,31,40H,3,13-14,16,30H2,1-2H3,(H,32,37)(H,33,36)(H,34,35)(H,38,39). The molecule has 5 atom stereocenters. The summed E-state index contributed by atoms with van der Waals surface area (Å²) in [6.45, 7) is 3.78. The van der Waals surface area contributed by atoms with Crippen molar-refractivity contribution in [3.63, 3.8) is 0 Å². The van der Waals surface area contributed by atoms with Crippen LogP contribution in [0.4, 0.5) is 0 Å². The molecular formula is C29H37N5O5S. The lowest BCUT2D eigenvalue weighted by Gasteiger charge is -2.25. The Hall–Kier alpha value is -3.83. The van der Waals surface area contributed by atoms with Crippen molar-refractivity contribution in [2.24, 2.45) is 11.7 Å². The number of thiol groups is 1. The molecular weight excluding hydrogens is 530 g/mol. The van der Waals surface area contributed by atoms with Crippen molar-refractivity contribution in [1.82, 2.24) is 20.9 Å². The van der Waals surface area contributed by atoms with E-state index in [9.17, 15) is 24.3 Å². The third-order valence-electron chi connectivity index (χ3n) is 7.00. The fraction of sp³-hybridized carbons (Fsp3) is 0.379. The Balaban J connectivity index is 1.72. The van der Waals surface area contributed by atoms with E-state index >= 15 is 0 Å². The van der Waals surface area contributed by atoms with Crippen LogP contribution in [0.5, 0.6) is 0 Å². The molecule has 2 aromatic carbocycles. The highest BCUT2D eigenvalue weighted by atomic mass is 32.1. The monoisotopic (exact) mass is 567 g/mol. The van der Waals surface area contributed by atoms with E-state index in [2.05, 4.69) is 33.6 Å². The van der Waals surface area contributed by atoms with E-state index in [0.29, 0.717) is 6.42 Å². The molecule has 3 amide bonds. The summed E-state index contributed by atoms with van der Waals surface area (Å²) in [4.78, 5) is 54.4. The number of carbonyl (C=O) groups excluding carboxylic acids is 3. The first kappa shape index (κ1) is 30.7.